The highest BCUT2D eigenvalue weighted by molar-refractivity contribution is 6.74. The first-order valence-electron chi connectivity index (χ1n) is 11.2. The van der Waals surface area contributed by atoms with Crippen LogP contribution in [-0.4, -0.2) is 43.2 Å². The van der Waals surface area contributed by atoms with Gasteiger partial charge in [0.15, 0.2) is 8.32 Å². The molecule has 0 aromatic carbocycles. The van der Waals surface area contributed by atoms with E-state index in [1.54, 1.807) is 0 Å². The van der Waals surface area contributed by atoms with Crippen molar-refractivity contribution in [3.8, 4) is 0 Å². The van der Waals surface area contributed by atoms with E-state index < -0.39 is 38.0 Å². The molecule has 0 radical (unpaired) electrons. The Morgan fingerprint density at radius 1 is 0.967 bits per heavy atom. The van der Waals surface area contributed by atoms with Crippen molar-refractivity contribution in [2.45, 2.75) is 118 Å². The molecule has 0 aliphatic carbocycles. The molecule has 0 aliphatic heterocycles. The van der Waals surface area contributed by atoms with Crippen LogP contribution in [0, 0.1) is 17.8 Å². The number of carboxylic acid groups (broad SMARTS) is 1. The summed E-state index contributed by atoms with van der Waals surface area (Å²) in [6.07, 6.45) is 0.146. The van der Waals surface area contributed by atoms with E-state index in [0.29, 0.717) is 18.8 Å². The van der Waals surface area contributed by atoms with Crippen molar-refractivity contribution in [1.29, 1.82) is 0 Å². The molecule has 1 amide bonds. The number of carboxylic acids is 1. The molecule has 30 heavy (non-hydrogen) atoms. The number of carbonyl (C=O) groups excluding carboxylic acids is 1. The van der Waals surface area contributed by atoms with Gasteiger partial charge in [0.1, 0.15) is 5.60 Å². The molecule has 0 spiro atoms. The summed E-state index contributed by atoms with van der Waals surface area (Å²) in [6.45, 7) is 24.3. The third-order valence-corrected chi connectivity index (χ3v) is 10.2. The third kappa shape index (κ3) is 10.3. The highest BCUT2D eigenvalue weighted by atomic mass is 28.4. The normalized spacial score (nSPS) is 16.3. The topological polar surface area (TPSA) is 84.9 Å². The van der Waals surface area contributed by atoms with E-state index in [0.717, 1.165) is 0 Å². The van der Waals surface area contributed by atoms with E-state index >= 15 is 0 Å². The van der Waals surface area contributed by atoms with Crippen molar-refractivity contribution in [2.24, 2.45) is 17.8 Å². The first-order valence-corrected chi connectivity index (χ1v) is 14.1. The number of rotatable bonds is 10. The summed E-state index contributed by atoms with van der Waals surface area (Å²) in [5.41, 5.74) is -0.607. The Bertz CT molecular complexity index is 561. The maximum Gasteiger partial charge on any atom is 0.407 e. The molecular weight excluding hydrogens is 398 g/mol. The number of aliphatic carboxylic acids is 1. The van der Waals surface area contributed by atoms with Crippen molar-refractivity contribution < 1.29 is 23.9 Å². The van der Waals surface area contributed by atoms with Crippen molar-refractivity contribution >= 4 is 20.4 Å². The zero-order valence-electron chi connectivity index (χ0n) is 21.4. The molecule has 178 valence electrons. The van der Waals surface area contributed by atoms with Gasteiger partial charge in [0.25, 0.3) is 0 Å². The fourth-order valence-corrected chi connectivity index (χ4v) is 4.40. The van der Waals surface area contributed by atoms with Gasteiger partial charge in [0.05, 0.1) is 18.1 Å². The van der Waals surface area contributed by atoms with E-state index in [4.69, 9.17) is 9.16 Å². The van der Waals surface area contributed by atoms with Crippen LogP contribution >= 0.6 is 0 Å². The molecule has 2 N–H and O–H groups in total. The van der Waals surface area contributed by atoms with E-state index in [-0.39, 0.29) is 17.0 Å². The Morgan fingerprint density at radius 3 is 1.80 bits per heavy atom. The largest absolute Gasteiger partial charge is 0.481 e. The Morgan fingerprint density at radius 2 is 1.47 bits per heavy atom. The quantitative estimate of drug-likeness (QED) is 0.399. The molecule has 0 saturated heterocycles. The molecule has 0 aliphatic rings. The van der Waals surface area contributed by atoms with Gasteiger partial charge in [0.2, 0.25) is 0 Å². The Balaban J connectivity index is 5.99. The number of nitrogens with one attached hydrogen (secondary N) is 1. The van der Waals surface area contributed by atoms with E-state index in [9.17, 15) is 14.7 Å². The summed E-state index contributed by atoms with van der Waals surface area (Å²) in [7, 11) is -2.20. The first-order chi connectivity index (χ1) is 13.3. The van der Waals surface area contributed by atoms with Crippen LogP contribution in [0.1, 0.15) is 82.1 Å². The molecule has 0 aromatic rings. The molecule has 0 rings (SSSR count). The smallest absolute Gasteiger partial charge is 0.407 e. The lowest BCUT2D eigenvalue weighted by molar-refractivity contribution is -0.144. The predicted molar refractivity (Wildman–Crippen MR) is 125 cm³/mol. The number of ether oxygens (including phenoxy) is 1. The van der Waals surface area contributed by atoms with Crippen molar-refractivity contribution in [2.75, 3.05) is 0 Å². The van der Waals surface area contributed by atoms with Crippen LogP contribution < -0.4 is 5.32 Å². The van der Waals surface area contributed by atoms with Gasteiger partial charge in [-0.15, -0.1) is 0 Å². The molecule has 0 unspecified atom stereocenters. The predicted octanol–water partition coefficient (Wildman–Crippen LogP) is 6.06. The summed E-state index contributed by atoms with van der Waals surface area (Å²) >= 11 is 0. The van der Waals surface area contributed by atoms with Gasteiger partial charge in [-0.25, -0.2) is 4.79 Å². The van der Waals surface area contributed by atoms with Crippen LogP contribution in [0.15, 0.2) is 0 Å². The van der Waals surface area contributed by atoms with Gasteiger partial charge < -0.3 is 19.6 Å². The Labute approximate surface area is 185 Å². The van der Waals surface area contributed by atoms with Crippen molar-refractivity contribution in [1.82, 2.24) is 5.32 Å². The van der Waals surface area contributed by atoms with Gasteiger partial charge in [-0.1, -0.05) is 48.5 Å². The number of carbonyl (C=O) groups is 2. The van der Waals surface area contributed by atoms with Gasteiger partial charge >= 0.3 is 12.1 Å². The second-order valence-electron chi connectivity index (χ2n) is 11.7. The molecular formula is C23H47NO5Si. The zero-order chi connectivity index (χ0) is 24.1. The average Bonchev–Trinajstić information content (AvgIpc) is 2.46. The summed E-state index contributed by atoms with van der Waals surface area (Å²) < 4.78 is 12.2. The lowest BCUT2D eigenvalue weighted by Crippen LogP contribution is -2.53. The Hall–Kier alpha value is -1.08. The minimum Gasteiger partial charge on any atom is -0.481 e. The van der Waals surface area contributed by atoms with Gasteiger partial charge in [0, 0.05) is 0 Å². The summed E-state index contributed by atoms with van der Waals surface area (Å²) in [4.78, 5) is 24.5. The summed E-state index contributed by atoms with van der Waals surface area (Å²) in [5.74, 6) is -1.10. The molecule has 0 saturated carbocycles. The lowest BCUT2D eigenvalue weighted by Gasteiger charge is -2.43. The molecule has 0 bridgehead atoms. The van der Waals surface area contributed by atoms with Crippen LogP contribution in [0.3, 0.4) is 0 Å². The summed E-state index contributed by atoms with van der Waals surface area (Å²) in [6, 6.07) is -0.324. The van der Waals surface area contributed by atoms with Gasteiger partial charge in [-0.2, -0.15) is 0 Å². The number of alkyl carbamates (subject to hydrolysis) is 1. The minimum atomic E-state index is -2.20. The van der Waals surface area contributed by atoms with Crippen LogP contribution in [0.5, 0.6) is 0 Å². The van der Waals surface area contributed by atoms with E-state index in [1.165, 1.54) is 0 Å². The SMILES string of the molecule is CC(C)C[C@H](NC(=O)OC(C)(C)C)[C@@H](C[C@H](C(=O)O)C(C)C)O[Si](C)(C)C(C)(C)C. The average molecular weight is 446 g/mol. The van der Waals surface area contributed by atoms with Crippen LogP contribution in [0.4, 0.5) is 4.79 Å². The fourth-order valence-electron chi connectivity index (χ4n) is 3.03. The Kier molecular flexibility index (Phi) is 10.6. The molecule has 0 heterocycles. The molecule has 7 heteroatoms. The minimum absolute atomic E-state index is 0.0316. The first kappa shape index (κ1) is 28.9. The summed E-state index contributed by atoms with van der Waals surface area (Å²) in [5, 5.41) is 12.8. The van der Waals surface area contributed by atoms with E-state index in [1.807, 2.05) is 34.6 Å². The second kappa shape index (κ2) is 11.0. The number of amides is 1. The van der Waals surface area contributed by atoms with Crippen LogP contribution in [-0.2, 0) is 14.0 Å². The van der Waals surface area contributed by atoms with Crippen LogP contribution in [0.2, 0.25) is 18.1 Å². The fraction of sp³-hybridized carbons (Fsp3) is 0.913. The molecule has 0 fully saturated rings. The maximum atomic E-state index is 12.6. The third-order valence-electron chi connectivity index (χ3n) is 5.74. The highest BCUT2D eigenvalue weighted by Gasteiger charge is 2.42. The van der Waals surface area contributed by atoms with Gasteiger partial charge in [-0.05, 0) is 63.6 Å². The molecule has 0 aromatic heterocycles. The van der Waals surface area contributed by atoms with Crippen molar-refractivity contribution in [3.05, 3.63) is 0 Å². The van der Waals surface area contributed by atoms with Crippen molar-refractivity contribution in [3.63, 3.8) is 0 Å². The molecule has 6 nitrogen and oxygen atoms in total. The standard InChI is InChI=1S/C23H47NO5Si/c1-15(2)13-18(24-21(27)28-22(5,6)7)19(14-17(16(3)4)20(25)26)29-30(11,12)23(8,9)10/h15-19H,13-14H2,1-12H3,(H,24,27)(H,25,26)/t17-,18-,19+/m0/s1. The maximum absolute atomic E-state index is 12.6. The highest BCUT2D eigenvalue weighted by Crippen LogP contribution is 2.39. The molecule has 3 atom stereocenters. The van der Waals surface area contributed by atoms with Crippen LogP contribution in [0.25, 0.3) is 0 Å². The van der Waals surface area contributed by atoms with Gasteiger partial charge in [-0.3, -0.25) is 4.79 Å². The zero-order valence-corrected chi connectivity index (χ0v) is 22.4. The number of hydrogen-bond donors (Lipinski definition) is 2. The monoisotopic (exact) mass is 445 g/mol. The van der Waals surface area contributed by atoms with E-state index in [2.05, 4.69) is 53.0 Å². The second-order valence-corrected chi connectivity index (χ2v) is 16.5. The lowest BCUT2D eigenvalue weighted by atomic mass is 9.86. The number of hydrogen-bond acceptors (Lipinski definition) is 4.